The lowest BCUT2D eigenvalue weighted by Crippen LogP contribution is -2.26. The van der Waals surface area contributed by atoms with Gasteiger partial charge in [0, 0.05) is 26.1 Å². The molecule has 0 spiro atoms. The summed E-state index contributed by atoms with van der Waals surface area (Å²) in [5.74, 6) is 0.705. The molecule has 2 heterocycles. The molecule has 2 rings (SSSR count). The molecule has 0 aliphatic heterocycles. The number of hydrogen-bond acceptors (Lipinski definition) is 5. The van der Waals surface area contributed by atoms with Gasteiger partial charge in [-0.15, -0.1) is 0 Å². The van der Waals surface area contributed by atoms with E-state index in [9.17, 15) is 4.79 Å². The van der Waals surface area contributed by atoms with Crippen molar-refractivity contribution in [2.75, 3.05) is 6.54 Å². The van der Waals surface area contributed by atoms with Crippen molar-refractivity contribution in [3.8, 4) is 0 Å². The first-order valence-corrected chi connectivity index (χ1v) is 6.20. The Bertz CT molecular complexity index is 600. The first-order chi connectivity index (χ1) is 9.06. The first kappa shape index (κ1) is 13.8. The molecule has 100 valence electrons. The molecule has 0 bridgehead atoms. The Morgan fingerprint density at radius 3 is 2.95 bits per heavy atom. The number of hydrogen-bond donors (Lipinski definition) is 1. The van der Waals surface area contributed by atoms with Crippen LogP contribution in [-0.4, -0.2) is 27.6 Å². The number of amides is 1. The summed E-state index contributed by atoms with van der Waals surface area (Å²) in [6, 6.07) is 1.41. The summed E-state index contributed by atoms with van der Waals surface area (Å²) < 4.78 is 4.82. The van der Waals surface area contributed by atoms with E-state index >= 15 is 0 Å². The van der Waals surface area contributed by atoms with Gasteiger partial charge in [-0.3, -0.25) is 4.79 Å². The lowest BCUT2D eigenvalue weighted by molar-refractivity contribution is 0.0954. The second-order valence-corrected chi connectivity index (χ2v) is 4.52. The molecular formula is C11H10Cl2N4O2. The first-order valence-electron chi connectivity index (χ1n) is 5.44. The van der Waals surface area contributed by atoms with Crippen LogP contribution in [-0.2, 0) is 6.42 Å². The highest BCUT2D eigenvalue weighted by Gasteiger charge is 2.11. The monoisotopic (exact) mass is 300 g/mol. The zero-order chi connectivity index (χ0) is 13.8. The van der Waals surface area contributed by atoms with Crippen molar-refractivity contribution in [3.63, 3.8) is 0 Å². The number of aromatic nitrogens is 3. The number of aryl methyl sites for hydroxylation is 1. The summed E-state index contributed by atoms with van der Waals surface area (Å²) in [7, 11) is 0. The molecule has 0 saturated carbocycles. The minimum absolute atomic E-state index is 0.211. The fourth-order valence-electron chi connectivity index (χ4n) is 1.41. The Labute approximate surface area is 119 Å². The molecule has 0 aliphatic rings. The number of halogens is 2. The van der Waals surface area contributed by atoms with Crippen LogP contribution in [0.5, 0.6) is 0 Å². The maximum Gasteiger partial charge on any atom is 0.252 e. The Kier molecular flexibility index (Phi) is 4.34. The standard InChI is InChI=1S/C11H10Cl2N4O2/c1-6-16-10(17-19-6)2-3-14-11(18)7-4-9(13)15-5-8(7)12/h4-5H,2-3H2,1H3,(H,14,18). The van der Waals surface area contributed by atoms with Crippen LogP contribution in [0.15, 0.2) is 16.8 Å². The van der Waals surface area contributed by atoms with Gasteiger partial charge in [0.05, 0.1) is 10.6 Å². The van der Waals surface area contributed by atoms with Gasteiger partial charge in [0.2, 0.25) is 5.89 Å². The van der Waals surface area contributed by atoms with Crippen molar-refractivity contribution in [2.45, 2.75) is 13.3 Å². The second-order valence-electron chi connectivity index (χ2n) is 3.72. The van der Waals surface area contributed by atoms with Crippen molar-refractivity contribution in [1.82, 2.24) is 20.4 Å². The van der Waals surface area contributed by atoms with E-state index in [1.54, 1.807) is 6.92 Å². The fourth-order valence-corrected chi connectivity index (χ4v) is 1.76. The predicted octanol–water partition coefficient (Wildman–Crippen LogP) is 2.05. The molecule has 0 radical (unpaired) electrons. The summed E-state index contributed by atoms with van der Waals surface area (Å²) in [5, 5.41) is 6.87. The smallest absolute Gasteiger partial charge is 0.252 e. The van der Waals surface area contributed by atoms with E-state index in [1.807, 2.05) is 0 Å². The highest BCUT2D eigenvalue weighted by atomic mass is 35.5. The van der Waals surface area contributed by atoms with Crippen molar-refractivity contribution < 1.29 is 9.32 Å². The number of carbonyl (C=O) groups is 1. The van der Waals surface area contributed by atoms with Gasteiger partial charge in [0.15, 0.2) is 5.82 Å². The second kappa shape index (κ2) is 5.99. The van der Waals surface area contributed by atoms with Crippen molar-refractivity contribution in [1.29, 1.82) is 0 Å². The fraction of sp³-hybridized carbons (Fsp3) is 0.273. The molecule has 19 heavy (non-hydrogen) atoms. The number of nitrogens with zero attached hydrogens (tertiary/aromatic N) is 3. The van der Waals surface area contributed by atoms with Crippen LogP contribution in [0.4, 0.5) is 0 Å². The van der Waals surface area contributed by atoms with E-state index in [4.69, 9.17) is 27.7 Å². The average molecular weight is 301 g/mol. The molecule has 0 atom stereocenters. The maximum atomic E-state index is 11.9. The zero-order valence-electron chi connectivity index (χ0n) is 9.98. The van der Waals surface area contributed by atoms with Gasteiger partial charge in [0.25, 0.3) is 5.91 Å². The van der Waals surface area contributed by atoms with Gasteiger partial charge in [-0.1, -0.05) is 28.4 Å². The molecule has 0 saturated heterocycles. The number of pyridine rings is 1. The quantitative estimate of drug-likeness (QED) is 0.874. The maximum absolute atomic E-state index is 11.9. The molecule has 2 aromatic heterocycles. The lowest BCUT2D eigenvalue weighted by atomic mass is 10.2. The van der Waals surface area contributed by atoms with Crippen LogP contribution < -0.4 is 5.32 Å². The topological polar surface area (TPSA) is 80.9 Å². The normalized spacial score (nSPS) is 10.5. The Morgan fingerprint density at radius 1 is 1.47 bits per heavy atom. The highest BCUT2D eigenvalue weighted by Crippen LogP contribution is 2.17. The number of rotatable bonds is 4. The molecule has 0 unspecified atom stereocenters. The SMILES string of the molecule is Cc1nc(CCNC(=O)c2cc(Cl)ncc2Cl)no1. The van der Waals surface area contributed by atoms with Crippen LogP contribution >= 0.6 is 23.2 Å². The minimum atomic E-state index is -0.325. The third kappa shape index (κ3) is 3.65. The summed E-state index contributed by atoms with van der Waals surface area (Å²) >= 11 is 11.6. The van der Waals surface area contributed by atoms with Crippen LogP contribution in [0, 0.1) is 6.92 Å². The predicted molar refractivity (Wildman–Crippen MR) is 69.3 cm³/mol. The average Bonchev–Trinajstić information content (AvgIpc) is 2.78. The zero-order valence-corrected chi connectivity index (χ0v) is 11.5. The van der Waals surface area contributed by atoms with Crippen molar-refractivity contribution in [2.24, 2.45) is 0 Å². The number of nitrogens with one attached hydrogen (secondary N) is 1. The molecule has 6 nitrogen and oxygen atoms in total. The Hall–Kier alpha value is -1.66. The molecule has 0 aliphatic carbocycles. The molecule has 1 N–H and O–H groups in total. The summed E-state index contributed by atoms with van der Waals surface area (Å²) in [6.07, 6.45) is 1.81. The van der Waals surface area contributed by atoms with E-state index in [0.717, 1.165) is 0 Å². The summed E-state index contributed by atoms with van der Waals surface area (Å²) in [5.41, 5.74) is 0.283. The Morgan fingerprint density at radius 2 is 2.26 bits per heavy atom. The lowest BCUT2D eigenvalue weighted by Gasteiger charge is -2.05. The van der Waals surface area contributed by atoms with Crippen LogP contribution in [0.3, 0.4) is 0 Å². The third-order valence-corrected chi connectivity index (χ3v) is 2.78. The van der Waals surface area contributed by atoms with Crippen LogP contribution in [0.2, 0.25) is 10.2 Å². The largest absolute Gasteiger partial charge is 0.352 e. The van der Waals surface area contributed by atoms with Gasteiger partial charge >= 0.3 is 0 Å². The molecule has 0 fully saturated rings. The van der Waals surface area contributed by atoms with Crippen LogP contribution in [0.25, 0.3) is 0 Å². The number of carbonyl (C=O) groups excluding carboxylic acids is 1. The summed E-state index contributed by atoms with van der Waals surface area (Å²) in [4.78, 5) is 19.7. The van der Waals surface area contributed by atoms with Crippen LogP contribution in [0.1, 0.15) is 22.1 Å². The van der Waals surface area contributed by atoms with Gasteiger partial charge in [-0.2, -0.15) is 4.98 Å². The van der Waals surface area contributed by atoms with Crippen molar-refractivity contribution >= 4 is 29.1 Å². The van der Waals surface area contributed by atoms with E-state index < -0.39 is 0 Å². The highest BCUT2D eigenvalue weighted by molar-refractivity contribution is 6.35. The molecule has 1 amide bonds. The molecular weight excluding hydrogens is 291 g/mol. The molecule has 8 heteroatoms. The molecule has 2 aromatic rings. The van der Waals surface area contributed by atoms with Gasteiger partial charge in [-0.05, 0) is 6.07 Å². The van der Waals surface area contributed by atoms with Gasteiger partial charge in [0.1, 0.15) is 5.15 Å². The van der Waals surface area contributed by atoms with E-state index in [2.05, 4.69) is 20.4 Å². The Balaban J connectivity index is 1.92. The molecule has 0 aromatic carbocycles. The third-order valence-electron chi connectivity index (χ3n) is 2.27. The van der Waals surface area contributed by atoms with Gasteiger partial charge in [-0.25, -0.2) is 4.98 Å². The summed E-state index contributed by atoms with van der Waals surface area (Å²) in [6.45, 7) is 2.07. The van der Waals surface area contributed by atoms with E-state index in [-0.39, 0.29) is 21.6 Å². The van der Waals surface area contributed by atoms with Crippen molar-refractivity contribution in [3.05, 3.63) is 39.7 Å². The minimum Gasteiger partial charge on any atom is -0.352 e. The van der Waals surface area contributed by atoms with Gasteiger partial charge < -0.3 is 9.84 Å². The van der Waals surface area contributed by atoms with E-state index in [0.29, 0.717) is 24.7 Å². The van der Waals surface area contributed by atoms with E-state index in [1.165, 1.54) is 12.3 Å².